The highest BCUT2D eigenvalue weighted by atomic mass is 19.1. The Balaban J connectivity index is 1.76. The van der Waals surface area contributed by atoms with Crippen LogP contribution in [0.4, 0.5) is 10.3 Å². The number of pyridine rings is 1. The smallest absolute Gasteiger partial charge is 0.263 e. The van der Waals surface area contributed by atoms with E-state index in [0.717, 1.165) is 18.4 Å². The van der Waals surface area contributed by atoms with Crippen molar-refractivity contribution in [2.24, 2.45) is 12.8 Å². The second-order valence-electron chi connectivity index (χ2n) is 8.11. The van der Waals surface area contributed by atoms with E-state index in [2.05, 4.69) is 22.0 Å². The van der Waals surface area contributed by atoms with Gasteiger partial charge in [-0.3, -0.25) is 14.3 Å². The molecule has 0 spiro atoms. The maximum atomic E-state index is 13.6. The lowest BCUT2D eigenvalue weighted by atomic mass is 10.0. The molecule has 174 valence electrons. The summed E-state index contributed by atoms with van der Waals surface area (Å²) < 4.78 is 15.1. The Kier molecular flexibility index (Phi) is 7.44. The lowest BCUT2D eigenvalue weighted by Gasteiger charge is -2.26. The van der Waals surface area contributed by atoms with Crippen LogP contribution in [-0.4, -0.2) is 34.2 Å². The third-order valence-electron chi connectivity index (χ3n) is 5.77. The fourth-order valence-electron chi connectivity index (χ4n) is 4.06. The van der Waals surface area contributed by atoms with Gasteiger partial charge in [0.05, 0.1) is 11.3 Å². The molecule has 2 aromatic heterocycles. The first-order valence-corrected chi connectivity index (χ1v) is 11.3. The van der Waals surface area contributed by atoms with Gasteiger partial charge < -0.3 is 10.6 Å². The van der Waals surface area contributed by atoms with Crippen molar-refractivity contribution in [3.63, 3.8) is 0 Å². The Morgan fingerprint density at radius 1 is 0.941 bits per heavy atom. The van der Waals surface area contributed by atoms with Gasteiger partial charge in [0.1, 0.15) is 5.82 Å². The minimum atomic E-state index is -0.358. The maximum Gasteiger partial charge on any atom is 0.263 e. The molecule has 2 heterocycles. The Hall–Kier alpha value is -3.84. The lowest BCUT2D eigenvalue weighted by molar-refractivity contribution is 0.628. The summed E-state index contributed by atoms with van der Waals surface area (Å²) in [7, 11) is 1.72. The van der Waals surface area contributed by atoms with Crippen LogP contribution in [0.15, 0.2) is 83.9 Å². The number of anilines is 1. The Morgan fingerprint density at radius 3 is 2.32 bits per heavy atom. The van der Waals surface area contributed by atoms with Gasteiger partial charge in [0.2, 0.25) is 5.95 Å². The Bertz CT molecular complexity index is 1270. The molecule has 0 amide bonds. The van der Waals surface area contributed by atoms with Crippen LogP contribution in [0.3, 0.4) is 0 Å². The molecule has 6 nitrogen and oxygen atoms in total. The molecule has 0 aliphatic rings. The first kappa shape index (κ1) is 23.3. The molecule has 0 saturated carbocycles. The van der Waals surface area contributed by atoms with Crippen LogP contribution >= 0.6 is 0 Å². The molecule has 4 aromatic rings. The molecule has 34 heavy (non-hydrogen) atoms. The van der Waals surface area contributed by atoms with Gasteiger partial charge in [-0.25, -0.2) is 9.37 Å². The highest BCUT2D eigenvalue weighted by Crippen LogP contribution is 2.29. The van der Waals surface area contributed by atoms with E-state index in [1.807, 2.05) is 30.3 Å². The second kappa shape index (κ2) is 10.9. The number of aryl methyl sites for hydroxylation is 1. The summed E-state index contributed by atoms with van der Waals surface area (Å²) in [4.78, 5) is 24.7. The van der Waals surface area contributed by atoms with Gasteiger partial charge in [0, 0.05) is 44.6 Å². The fourth-order valence-corrected chi connectivity index (χ4v) is 4.06. The number of aromatic nitrogens is 3. The van der Waals surface area contributed by atoms with Crippen LogP contribution in [0.25, 0.3) is 22.4 Å². The third-order valence-corrected chi connectivity index (χ3v) is 5.77. The van der Waals surface area contributed by atoms with Crippen molar-refractivity contribution in [1.29, 1.82) is 0 Å². The molecule has 2 N–H and O–H groups in total. The number of halogens is 1. The second-order valence-corrected chi connectivity index (χ2v) is 8.11. The number of benzene rings is 2. The van der Waals surface area contributed by atoms with Crippen LogP contribution in [0.2, 0.25) is 0 Å². The first-order chi connectivity index (χ1) is 16.6. The normalized spacial score (nSPS) is 10.9. The van der Waals surface area contributed by atoms with Gasteiger partial charge in [0.25, 0.3) is 5.56 Å². The van der Waals surface area contributed by atoms with Gasteiger partial charge in [0.15, 0.2) is 0 Å². The number of nitrogens with zero attached hydrogens (tertiary/aromatic N) is 4. The average Bonchev–Trinajstić information content (AvgIpc) is 2.87. The summed E-state index contributed by atoms with van der Waals surface area (Å²) in [6.07, 6.45) is 5.14. The zero-order valence-electron chi connectivity index (χ0n) is 19.2. The predicted octanol–water partition coefficient (Wildman–Crippen LogP) is 4.05. The van der Waals surface area contributed by atoms with Crippen molar-refractivity contribution in [3.8, 4) is 22.4 Å². The van der Waals surface area contributed by atoms with Crippen molar-refractivity contribution < 1.29 is 4.39 Å². The maximum absolute atomic E-state index is 13.6. The predicted molar refractivity (Wildman–Crippen MR) is 134 cm³/mol. The van der Waals surface area contributed by atoms with Crippen molar-refractivity contribution in [2.75, 3.05) is 24.5 Å². The van der Waals surface area contributed by atoms with Crippen LogP contribution < -0.4 is 16.2 Å². The molecule has 2 aromatic carbocycles. The monoisotopic (exact) mass is 457 g/mol. The first-order valence-electron chi connectivity index (χ1n) is 11.3. The molecule has 0 fully saturated rings. The molecule has 0 radical (unpaired) electrons. The summed E-state index contributed by atoms with van der Waals surface area (Å²) in [6.45, 7) is 1.71. The summed E-state index contributed by atoms with van der Waals surface area (Å²) >= 11 is 0. The molecule has 0 saturated heterocycles. The summed E-state index contributed by atoms with van der Waals surface area (Å²) in [5, 5.41) is 0. The molecule has 0 unspecified atom stereocenters. The van der Waals surface area contributed by atoms with E-state index in [0.29, 0.717) is 42.4 Å². The SMILES string of the molecule is Cn1c(N(CCN)CCCc2ccccc2)nc(-c2ccncc2)c(-c2ccc(F)cc2)c1=O. The van der Waals surface area contributed by atoms with Gasteiger partial charge in [-0.05, 0) is 48.2 Å². The number of hydrogen-bond donors (Lipinski definition) is 1. The lowest BCUT2D eigenvalue weighted by Crippen LogP contribution is -2.37. The van der Waals surface area contributed by atoms with Crippen LogP contribution in [0.1, 0.15) is 12.0 Å². The average molecular weight is 458 g/mol. The molecule has 0 aliphatic carbocycles. The summed E-state index contributed by atoms with van der Waals surface area (Å²) in [5.74, 6) is 0.198. The Morgan fingerprint density at radius 2 is 1.65 bits per heavy atom. The van der Waals surface area contributed by atoms with Crippen molar-refractivity contribution in [2.45, 2.75) is 12.8 Å². The van der Waals surface area contributed by atoms with E-state index in [9.17, 15) is 9.18 Å². The van der Waals surface area contributed by atoms with E-state index < -0.39 is 0 Å². The largest absolute Gasteiger partial charge is 0.341 e. The standard InChI is InChI=1S/C27H28FN5O/c1-32-26(34)24(21-9-11-23(28)12-10-21)25(22-13-16-30-17-14-22)31-27(32)33(19-15-29)18-5-8-20-6-3-2-4-7-20/h2-4,6-7,9-14,16-17H,5,8,15,18-19,29H2,1H3. The minimum absolute atomic E-state index is 0.200. The molecule has 0 atom stereocenters. The van der Waals surface area contributed by atoms with Crippen LogP contribution in [-0.2, 0) is 13.5 Å². The molecule has 0 aliphatic heterocycles. The molecular weight excluding hydrogens is 429 g/mol. The number of hydrogen-bond acceptors (Lipinski definition) is 5. The highest BCUT2D eigenvalue weighted by Gasteiger charge is 2.21. The third kappa shape index (κ3) is 5.21. The Labute approximate surface area is 198 Å². The van der Waals surface area contributed by atoms with Gasteiger partial charge in [-0.2, -0.15) is 0 Å². The summed E-state index contributed by atoms with van der Waals surface area (Å²) in [5.41, 5.74) is 9.33. The van der Waals surface area contributed by atoms with Crippen molar-refractivity contribution in [3.05, 3.63) is 101 Å². The molecular formula is C27H28FN5O. The minimum Gasteiger partial charge on any atom is -0.341 e. The number of nitrogens with two attached hydrogens (primary N) is 1. The van der Waals surface area contributed by atoms with Gasteiger partial charge >= 0.3 is 0 Å². The van der Waals surface area contributed by atoms with Crippen LogP contribution in [0, 0.1) is 5.82 Å². The molecule has 7 heteroatoms. The molecule has 4 rings (SSSR count). The quantitative estimate of drug-likeness (QED) is 0.410. The van der Waals surface area contributed by atoms with E-state index >= 15 is 0 Å². The van der Waals surface area contributed by atoms with Gasteiger partial charge in [-0.15, -0.1) is 0 Å². The fraction of sp³-hybridized carbons (Fsp3) is 0.222. The topological polar surface area (TPSA) is 77.0 Å². The zero-order valence-corrected chi connectivity index (χ0v) is 19.2. The van der Waals surface area contributed by atoms with Crippen molar-refractivity contribution >= 4 is 5.95 Å². The molecule has 0 bridgehead atoms. The van der Waals surface area contributed by atoms with Crippen LogP contribution in [0.5, 0.6) is 0 Å². The number of rotatable bonds is 9. The van der Waals surface area contributed by atoms with Crippen molar-refractivity contribution in [1.82, 2.24) is 14.5 Å². The highest BCUT2D eigenvalue weighted by molar-refractivity contribution is 5.80. The van der Waals surface area contributed by atoms with E-state index in [1.165, 1.54) is 17.7 Å². The van der Waals surface area contributed by atoms with E-state index in [1.54, 1.807) is 36.1 Å². The van der Waals surface area contributed by atoms with E-state index in [4.69, 9.17) is 10.7 Å². The van der Waals surface area contributed by atoms with Gasteiger partial charge in [-0.1, -0.05) is 42.5 Å². The van der Waals surface area contributed by atoms with E-state index in [-0.39, 0.29) is 11.4 Å². The zero-order chi connectivity index (χ0) is 23.9. The summed E-state index contributed by atoms with van der Waals surface area (Å²) in [6, 6.07) is 19.9.